The first-order valence-corrected chi connectivity index (χ1v) is 8.22. The van der Waals surface area contributed by atoms with Crippen molar-refractivity contribution in [2.75, 3.05) is 7.05 Å². The van der Waals surface area contributed by atoms with Crippen LogP contribution in [0.1, 0.15) is 31.3 Å². The fourth-order valence-corrected chi connectivity index (χ4v) is 3.52. The van der Waals surface area contributed by atoms with Crippen molar-refractivity contribution in [1.29, 1.82) is 0 Å². The molecule has 128 valence electrons. The van der Waals surface area contributed by atoms with Gasteiger partial charge in [0.15, 0.2) is 0 Å². The summed E-state index contributed by atoms with van der Waals surface area (Å²) in [7, 11) is 1.65. The van der Waals surface area contributed by atoms with E-state index < -0.39 is 6.04 Å². The number of likely N-dealkylation sites (N-methyl/N-ethyl adjacent to an activating group) is 1. The Bertz CT molecular complexity index is 680. The van der Waals surface area contributed by atoms with Gasteiger partial charge in [-0.25, -0.2) is 0 Å². The van der Waals surface area contributed by atoms with Crippen LogP contribution in [0.2, 0.25) is 0 Å². The highest BCUT2D eigenvalue weighted by Crippen LogP contribution is 2.36. The number of imide groups is 1. The summed E-state index contributed by atoms with van der Waals surface area (Å²) in [5.74, 6) is 0.117. The molecule has 1 aliphatic carbocycles. The van der Waals surface area contributed by atoms with Crippen LogP contribution in [0.15, 0.2) is 28.7 Å². The molecule has 0 aromatic carbocycles. The number of rotatable bonds is 4. The number of fused-ring (bicyclic) bond motifs is 1. The van der Waals surface area contributed by atoms with Crippen molar-refractivity contribution in [2.24, 2.45) is 11.8 Å². The van der Waals surface area contributed by atoms with Crippen LogP contribution < -0.4 is 0 Å². The molecule has 1 fully saturated rings. The maximum Gasteiger partial charge on any atom is 0.245 e. The first kappa shape index (κ1) is 16.5. The smallest absolute Gasteiger partial charge is 0.245 e. The third-order valence-corrected chi connectivity index (χ3v) is 4.85. The molecule has 1 aliphatic heterocycles. The highest BCUT2D eigenvalue weighted by Gasteiger charge is 2.50. The summed E-state index contributed by atoms with van der Waals surface area (Å²) >= 11 is 0. The lowest BCUT2D eigenvalue weighted by Gasteiger charge is -2.26. The predicted molar refractivity (Wildman–Crippen MR) is 86.6 cm³/mol. The van der Waals surface area contributed by atoms with Crippen molar-refractivity contribution in [2.45, 2.75) is 39.3 Å². The zero-order chi connectivity index (χ0) is 17.4. The Kier molecular flexibility index (Phi) is 4.30. The minimum Gasteiger partial charge on any atom is -0.464 e. The number of likely N-dealkylation sites (tertiary alicyclic amines) is 1. The van der Waals surface area contributed by atoms with E-state index in [0.29, 0.717) is 25.1 Å². The molecule has 6 nitrogen and oxygen atoms in total. The number of hydrogen-bond donors (Lipinski definition) is 0. The minimum atomic E-state index is -0.795. The average Bonchev–Trinajstić information content (AvgIpc) is 3.08. The molecule has 1 saturated heterocycles. The molecular weight excluding hydrogens is 308 g/mol. The van der Waals surface area contributed by atoms with Gasteiger partial charge in [-0.3, -0.25) is 19.3 Å². The maximum absolute atomic E-state index is 12.7. The lowest BCUT2D eigenvalue weighted by atomic mass is 9.85. The van der Waals surface area contributed by atoms with Crippen LogP contribution in [-0.4, -0.2) is 40.6 Å². The topological polar surface area (TPSA) is 70.8 Å². The number of allylic oxidation sites excluding steroid dienone is 2. The molecule has 1 aromatic rings. The van der Waals surface area contributed by atoms with Crippen molar-refractivity contribution in [3.05, 3.63) is 35.8 Å². The molecular formula is C18H22N2O4. The largest absolute Gasteiger partial charge is 0.464 e. The fourth-order valence-electron chi connectivity index (χ4n) is 3.52. The summed E-state index contributed by atoms with van der Waals surface area (Å²) in [5.41, 5.74) is 0. The molecule has 0 unspecified atom stereocenters. The lowest BCUT2D eigenvalue weighted by Crippen LogP contribution is -2.48. The summed E-state index contributed by atoms with van der Waals surface area (Å²) in [6, 6.07) is 2.86. The highest BCUT2D eigenvalue weighted by molar-refractivity contribution is 6.08. The average molecular weight is 330 g/mol. The Morgan fingerprint density at radius 3 is 2.33 bits per heavy atom. The van der Waals surface area contributed by atoms with Gasteiger partial charge in [-0.15, -0.1) is 0 Å². The van der Waals surface area contributed by atoms with Crippen molar-refractivity contribution < 1.29 is 18.8 Å². The third kappa shape index (κ3) is 2.77. The number of furan rings is 1. The van der Waals surface area contributed by atoms with E-state index >= 15 is 0 Å². The number of carbonyl (C=O) groups is 3. The first-order chi connectivity index (χ1) is 11.4. The van der Waals surface area contributed by atoms with E-state index in [1.54, 1.807) is 14.0 Å². The quantitative estimate of drug-likeness (QED) is 0.624. The zero-order valence-corrected chi connectivity index (χ0v) is 14.2. The molecule has 2 aliphatic rings. The van der Waals surface area contributed by atoms with Crippen LogP contribution in [0.3, 0.4) is 0 Å². The minimum absolute atomic E-state index is 0.225. The summed E-state index contributed by atoms with van der Waals surface area (Å²) in [6.45, 7) is 3.76. The number of nitrogens with zero attached hydrogens (tertiary/aromatic N) is 2. The Labute approximate surface area is 141 Å². The van der Waals surface area contributed by atoms with E-state index in [9.17, 15) is 14.4 Å². The number of hydrogen-bond acceptors (Lipinski definition) is 4. The van der Waals surface area contributed by atoms with Crippen molar-refractivity contribution in [3.8, 4) is 0 Å². The van der Waals surface area contributed by atoms with E-state index in [4.69, 9.17) is 4.42 Å². The molecule has 24 heavy (non-hydrogen) atoms. The molecule has 0 saturated carbocycles. The SMILES string of the molecule is Cc1ccc(CN(C)C(=O)[C@@H](C)N2C(=O)[C@H]3CC=CC[C@H]3C2=O)o1. The van der Waals surface area contributed by atoms with Gasteiger partial charge in [0.25, 0.3) is 0 Å². The standard InChI is InChI=1S/C18H22N2O4/c1-11-8-9-13(24-11)10-19(3)16(21)12(2)20-17(22)14-6-4-5-7-15(14)18(20)23/h4-5,8-9,12,14-15H,6-7,10H2,1-3H3/t12-,14-,15+/m1/s1. The molecule has 1 aromatic heterocycles. The van der Waals surface area contributed by atoms with Crippen LogP contribution in [-0.2, 0) is 20.9 Å². The lowest BCUT2D eigenvalue weighted by molar-refractivity contribution is -0.150. The first-order valence-electron chi connectivity index (χ1n) is 8.22. The normalized spacial score (nSPS) is 24.2. The molecule has 6 heteroatoms. The van der Waals surface area contributed by atoms with Gasteiger partial charge in [0.05, 0.1) is 18.4 Å². The second-order valence-corrected chi connectivity index (χ2v) is 6.58. The molecule has 0 N–H and O–H groups in total. The Balaban J connectivity index is 1.71. The Morgan fingerprint density at radius 1 is 1.25 bits per heavy atom. The van der Waals surface area contributed by atoms with E-state index in [1.807, 2.05) is 31.2 Å². The van der Waals surface area contributed by atoms with Gasteiger partial charge < -0.3 is 9.32 Å². The van der Waals surface area contributed by atoms with E-state index in [2.05, 4.69) is 0 Å². The molecule has 3 amide bonds. The summed E-state index contributed by atoms with van der Waals surface area (Å²) in [4.78, 5) is 40.4. The fraction of sp³-hybridized carbons (Fsp3) is 0.500. The van der Waals surface area contributed by atoms with E-state index in [0.717, 1.165) is 10.7 Å². The third-order valence-electron chi connectivity index (χ3n) is 4.85. The number of aryl methyl sites for hydroxylation is 1. The molecule has 3 rings (SSSR count). The highest BCUT2D eigenvalue weighted by atomic mass is 16.3. The number of amides is 3. The predicted octanol–water partition coefficient (Wildman–Crippen LogP) is 1.89. The maximum atomic E-state index is 12.7. The van der Waals surface area contributed by atoms with Gasteiger partial charge in [-0.1, -0.05) is 12.2 Å². The summed E-state index contributed by atoms with van der Waals surface area (Å²) in [5, 5.41) is 0. The number of carbonyl (C=O) groups excluding carboxylic acids is 3. The van der Waals surface area contributed by atoms with Crippen LogP contribution >= 0.6 is 0 Å². The Hall–Kier alpha value is -2.37. The monoisotopic (exact) mass is 330 g/mol. The molecule has 0 spiro atoms. The van der Waals surface area contributed by atoms with E-state index in [-0.39, 0.29) is 29.6 Å². The molecule has 0 bridgehead atoms. The van der Waals surface area contributed by atoms with Crippen LogP contribution in [0, 0.1) is 18.8 Å². The second kappa shape index (κ2) is 6.26. The van der Waals surface area contributed by atoms with Gasteiger partial charge in [0, 0.05) is 7.05 Å². The van der Waals surface area contributed by atoms with Crippen LogP contribution in [0.5, 0.6) is 0 Å². The van der Waals surface area contributed by atoms with Crippen molar-refractivity contribution >= 4 is 17.7 Å². The summed E-state index contributed by atoms with van der Waals surface area (Å²) in [6.07, 6.45) is 5.03. The van der Waals surface area contributed by atoms with Gasteiger partial charge in [0.1, 0.15) is 17.6 Å². The second-order valence-electron chi connectivity index (χ2n) is 6.58. The van der Waals surface area contributed by atoms with Gasteiger partial charge in [0.2, 0.25) is 17.7 Å². The zero-order valence-electron chi connectivity index (χ0n) is 14.2. The molecule has 2 heterocycles. The van der Waals surface area contributed by atoms with Gasteiger partial charge in [-0.2, -0.15) is 0 Å². The molecule has 0 radical (unpaired) electrons. The Morgan fingerprint density at radius 2 is 1.83 bits per heavy atom. The summed E-state index contributed by atoms with van der Waals surface area (Å²) < 4.78 is 5.48. The van der Waals surface area contributed by atoms with Gasteiger partial charge >= 0.3 is 0 Å². The molecule has 3 atom stereocenters. The van der Waals surface area contributed by atoms with Gasteiger partial charge in [-0.05, 0) is 38.8 Å². The van der Waals surface area contributed by atoms with E-state index in [1.165, 1.54) is 4.90 Å². The van der Waals surface area contributed by atoms with Crippen LogP contribution in [0.4, 0.5) is 0 Å². The van der Waals surface area contributed by atoms with Crippen molar-refractivity contribution in [3.63, 3.8) is 0 Å². The van der Waals surface area contributed by atoms with Crippen molar-refractivity contribution in [1.82, 2.24) is 9.80 Å². The van der Waals surface area contributed by atoms with Crippen LogP contribution in [0.25, 0.3) is 0 Å².